The highest BCUT2D eigenvalue weighted by Crippen LogP contribution is 2.88. The molecule has 0 saturated heterocycles. The third kappa shape index (κ3) is 5.12. The molecule has 0 N–H and O–H groups in total. The van der Waals surface area contributed by atoms with Crippen molar-refractivity contribution in [3.63, 3.8) is 0 Å². The first-order valence-electron chi connectivity index (χ1n) is 21.9. The van der Waals surface area contributed by atoms with Gasteiger partial charge in [-0.05, 0) is 109 Å². The number of fused-ring (bicyclic) bond motifs is 8. The maximum absolute atomic E-state index is 2.50. The summed E-state index contributed by atoms with van der Waals surface area (Å²) in [4.78, 5) is 10.8. The van der Waals surface area contributed by atoms with Gasteiger partial charge in [-0.15, -0.1) is 20.1 Å². The van der Waals surface area contributed by atoms with Crippen molar-refractivity contribution in [2.75, 3.05) is 0 Å². The summed E-state index contributed by atoms with van der Waals surface area (Å²) < 4.78 is 4.93. The van der Waals surface area contributed by atoms with Crippen LogP contribution in [-0.4, -0.2) is 9.13 Å². The number of hydrogen-bond donors (Lipinski definition) is 0. The second-order valence-corrected chi connectivity index (χ2v) is 22.6. The van der Waals surface area contributed by atoms with E-state index in [2.05, 4.69) is 264 Å². The van der Waals surface area contributed by atoms with E-state index in [0.717, 1.165) is 0 Å². The Bertz CT molecular complexity index is 3350. The topological polar surface area (TPSA) is 9.86 Å². The summed E-state index contributed by atoms with van der Waals surface area (Å²) >= 11 is 0. The van der Waals surface area contributed by atoms with Crippen LogP contribution >= 0.6 is 20.1 Å². The van der Waals surface area contributed by atoms with Crippen molar-refractivity contribution in [3.8, 4) is 11.4 Å². The van der Waals surface area contributed by atoms with Gasteiger partial charge in [0.1, 0.15) is 0 Å². The van der Waals surface area contributed by atoms with Gasteiger partial charge in [0.2, 0.25) is 0 Å². The molecule has 0 bridgehead atoms. The monoisotopic (exact) mass is 854 g/mol. The smallest absolute Gasteiger partial charge is 0.0541 e. The van der Waals surface area contributed by atoms with Gasteiger partial charge in [-0.25, -0.2) is 0 Å². The van der Waals surface area contributed by atoms with E-state index in [4.69, 9.17) is 0 Å². The lowest BCUT2D eigenvalue weighted by Crippen LogP contribution is -2.19. The maximum Gasteiger partial charge on any atom is 0.0541 e. The fourth-order valence-electron chi connectivity index (χ4n) is 10.7. The van der Waals surface area contributed by atoms with Crippen LogP contribution < -0.4 is 0 Å². The molecule has 0 atom stereocenters. The van der Waals surface area contributed by atoms with Gasteiger partial charge in [0.15, 0.2) is 0 Å². The lowest BCUT2D eigenvalue weighted by Gasteiger charge is -2.55. The first-order valence-corrected chi connectivity index (χ1v) is 25.2. The molecule has 0 saturated carbocycles. The normalized spacial score (nSPS) is 18.9. The van der Waals surface area contributed by atoms with Crippen molar-refractivity contribution in [1.82, 2.24) is 9.13 Å². The minimum absolute atomic E-state index is 1.17. The molecule has 2 aromatic heterocycles. The predicted molar refractivity (Wildman–Crippen MR) is 269 cm³/mol. The van der Waals surface area contributed by atoms with Crippen molar-refractivity contribution in [2.45, 2.75) is 39.2 Å². The van der Waals surface area contributed by atoms with Crippen molar-refractivity contribution in [2.24, 2.45) is 0 Å². The molecule has 1 aliphatic heterocycles. The van der Waals surface area contributed by atoms with Crippen LogP contribution in [0.5, 0.6) is 0 Å². The van der Waals surface area contributed by atoms with Gasteiger partial charge >= 0.3 is 0 Å². The highest BCUT2D eigenvalue weighted by Gasteiger charge is 2.49. The predicted octanol–water partition coefficient (Wildman–Crippen LogP) is 16.9. The fourth-order valence-corrected chi connectivity index (χ4v) is 20.2. The zero-order chi connectivity index (χ0) is 42.2. The molecule has 304 valence electrons. The van der Waals surface area contributed by atoms with Gasteiger partial charge in [-0.3, -0.25) is 0 Å². The highest BCUT2D eigenvalue weighted by atomic mass is 32.3. The van der Waals surface area contributed by atoms with E-state index < -0.39 is 20.1 Å². The summed E-state index contributed by atoms with van der Waals surface area (Å²) in [5.41, 5.74) is 7.18. The molecule has 0 amide bonds. The lowest BCUT2D eigenvalue weighted by molar-refractivity contribution is 1.04. The van der Waals surface area contributed by atoms with Crippen LogP contribution in [0, 0.1) is 0 Å². The van der Waals surface area contributed by atoms with E-state index in [1.165, 1.54) is 94.2 Å². The number of para-hydroxylation sites is 4. The van der Waals surface area contributed by atoms with Gasteiger partial charge in [-0.1, -0.05) is 146 Å². The minimum Gasteiger partial charge on any atom is -0.309 e. The van der Waals surface area contributed by atoms with Gasteiger partial charge < -0.3 is 9.13 Å². The second-order valence-electron chi connectivity index (χ2n) is 16.5. The molecule has 12 aromatic rings. The van der Waals surface area contributed by atoms with Gasteiger partial charge in [0.05, 0.1) is 22.1 Å². The summed E-state index contributed by atoms with van der Waals surface area (Å²) in [6.07, 6.45) is 0. The van der Waals surface area contributed by atoms with Crippen LogP contribution in [0.1, 0.15) is 0 Å². The average Bonchev–Trinajstić information content (AvgIpc) is 3.89. The number of aromatic nitrogens is 2. The number of benzene rings is 10. The average molecular weight is 855 g/mol. The Labute approximate surface area is 376 Å². The largest absolute Gasteiger partial charge is 0.309 e. The van der Waals surface area contributed by atoms with Crippen molar-refractivity contribution in [3.05, 3.63) is 255 Å². The summed E-state index contributed by atoms with van der Waals surface area (Å²) in [6.45, 7) is 0. The van der Waals surface area contributed by atoms with Crippen molar-refractivity contribution < 1.29 is 0 Å². The highest BCUT2D eigenvalue weighted by molar-refractivity contribution is 8.38. The summed E-state index contributed by atoms with van der Waals surface area (Å²) in [5.74, 6) is 0. The third-order valence-corrected chi connectivity index (χ3v) is 21.4. The van der Waals surface area contributed by atoms with Crippen LogP contribution in [0.4, 0.5) is 0 Å². The maximum atomic E-state index is 2.50. The summed E-state index contributed by atoms with van der Waals surface area (Å²) in [5, 5.41) is 5.06. The van der Waals surface area contributed by atoms with E-state index in [-0.39, 0.29) is 0 Å². The van der Waals surface area contributed by atoms with E-state index in [0.29, 0.717) is 0 Å². The molecular weight excluding hydrogens is 813 g/mol. The molecule has 10 aromatic carbocycles. The zero-order valence-electron chi connectivity index (χ0n) is 35.0. The second kappa shape index (κ2) is 14.5. The first-order chi connectivity index (χ1) is 31.8. The zero-order valence-corrected chi connectivity index (χ0v) is 36.6. The molecule has 0 radical (unpaired) electrons. The van der Waals surface area contributed by atoms with Gasteiger partial charge in [-0.2, -0.15) is 0 Å². The molecule has 64 heavy (non-hydrogen) atoms. The number of nitrogens with zero attached hydrogens (tertiary/aromatic N) is 2. The van der Waals surface area contributed by atoms with E-state index in [1.807, 2.05) is 0 Å². The van der Waals surface area contributed by atoms with Gasteiger partial charge in [0.25, 0.3) is 0 Å². The van der Waals surface area contributed by atoms with E-state index in [9.17, 15) is 0 Å². The molecular formula is C60H42N2S2. The molecule has 3 heterocycles. The summed E-state index contributed by atoms with van der Waals surface area (Å²) in [6, 6.07) is 96.0. The molecule has 4 heteroatoms. The Balaban J connectivity index is 1.13. The number of rotatable bonds is 6. The molecule has 13 rings (SSSR count). The molecule has 0 aliphatic carbocycles. The molecule has 0 fully saturated rings. The van der Waals surface area contributed by atoms with Crippen molar-refractivity contribution in [1.29, 1.82) is 0 Å². The SMILES string of the molecule is c1ccc(S2(c3cccc(-n4c5ccccc5c5ccccc54)c3)c3ccccc3S(c3ccccc3)(c3cccc(-n4c5ccccc5c5ccccc54)c3)c3ccccc32)cc1. The molecule has 0 spiro atoms. The van der Waals surface area contributed by atoms with E-state index >= 15 is 0 Å². The van der Waals surface area contributed by atoms with Crippen molar-refractivity contribution >= 4 is 63.7 Å². The Morgan fingerprint density at radius 2 is 0.484 bits per heavy atom. The molecule has 0 unspecified atom stereocenters. The van der Waals surface area contributed by atoms with Crippen LogP contribution in [0.15, 0.2) is 294 Å². The standard InChI is InChI=1S/C60H42N2S2/c1-3-23-45(24-4-1)63(47-27-19-21-43(41-47)61-53-33-11-7-29-49(53)50-30-8-12-34-54(50)61)57-37-15-17-39-59(57)64(46-25-5-2-6-26-46,60-40-18-16-38-58(60)63)48-28-20-22-44(42-48)62-55-35-13-9-31-51(55)52-32-10-14-36-56(52)62/h1-42H. The Hall–Kier alpha value is -7.50. The van der Waals surface area contributed by atoms with Crippen LogP contribution in [-0.2, 0) is 0 Å². The quantitative estimate of drug-likeness (QED) is 0.158. The minimum atomic E-state index is -2.09. The Kier molecular flexibility index (Phi) is 8.42. The fraction of sp³-hybridized carbons (Fsp3) is 0. The summed E-state index contributed by atoms with van der Waals surface area (Å²) in [7, 11) is -4.18. The Morgan fingerprint density at radius 1 is 0.219 bits per heavy atom. The first kappa shape index (κ1) is 37.1. The molecule has 1 aliphatic rings. The third-order valence-electron chi connectivity index (χ3n) is 13.2. The van der Waals surface area contributed by atoms with Gasteiger partial charge in [0, 0.05) is 72.1 Å². The Morgan fingerprint density at radius 3 is 0.812 bits per heavy atom. The number of hydrogen-bond acceptors (Lipinski definition) is 0. The van der Waals surface area contributed by atoms with Crippen LogP contribution in [0.3, 0.4) is 0 Å². The van der Waals surface area contributed by atoms with Crippen LogP contribution in [0.2, 0.25) is 0 Å². The molecule has 2 nitrogen and oxygen atoms in total. The van der Waals surface area contributed by atoms with E-state index in [1.54, 1.807) is 0 Å². The lowest BCUT2D eigenvalue weighted by atomic mass is 10.2. The van der Waals surface area contributed by atoms with Crippen LogP contribution in [0.25, 0.3) is 55.0 Å².